The van der Waals surface area contributed by atoms with E-state index in [-0.39, 0.29) is 12.0 Å². The van der Waals surface area contributed by atoms with Crippen molar-refractivity contribution >= 4 is 12.1 Å². The lowest BCUT2D eigenvalue weighted by atomic mass is 9.81. The Labute approximate surface area is 143 Å². The van der Waals surface area contributed by atoms with Crippen LogP contribution in [0.1, 0.15) is 46.5 Å². The van der Waals surface area contributed by atoms with E-state index in [0.29, 0.717) is 11.8 Å². The van der Waals surface area contributed by atoms with E-state index in [1.54, 1.807) is 20.8 Å². The number of ether oxygens (including phenoxy) is 1. The van der Waals surface area contributed by atoms with Crippen molar-refractivity contribution in [1.82, 2.24) is 5.32 Å². The van der Waals surface area contributed by atoms with Crippen LogP contribution in [0.25, 0.3) is 0 Å². The van der Waals surface area contributed by atoms with Crippen LogP contribution >= 0.6 is 0 Å². The highest BCUT2D eigenvalue weighted by Crippen LogP contribution is 2.44. The molecule has 0 aliphatic heterocycles. The standard InChI is InChI=1S/C19H27NO4/c1-5-6-7-8-14-13-10-9-12(13)11-15(14)24-18(23)20-16(17(21)22)19(2,3)4/h5,12-16H,1,6-8,11H2,2-4H3,(H,20,23)(H,21,22)/t12-,13-,14+,15+,16+/m0/s1. The zero-order chi connectivity index (χ0) is 17.9. The number of fused-ring (bicyclic) bond motifs is 1. The average molecular weight is 333 g/mol. The lowest BCUT2D eigenvalue weighted by Crippen LogP contribution is -2.50. The number of carboxylic acids is 1. The summed E-state index contributed by atoms with van der Waals surface area (Å²) in [7, 11) is 0. The van der Waals surface area contributed by atoms with Crippen molar-refractivity contribution < 1.29 is 19.4 Å². The smallest absolute Gasteiger partial charge is 0.408 e. The zero-order valence-electron chi connectivity index (χ0n) is 14.7. The number of carbonyl (C=O) groups excluding carboxylic acids is 1. The van der Waals surface area contributed by atoms with Gasteiger partial charge in [0.05, 0.1) is 0 Å². The molecule has 0 bridgehead atoms. The van der Waals surface area contributed by atoms with Crippen LogP contribution in [0.4, 0.5) is 4.79 Å². The van der Waals surface area contributed by atoms with Gasteiger partial charge in [0.2, 0.25) is 0 Å². The van der Waals surface area contributed by atoms with Crippen LogP contribution in [0.15, 0.2) is 12.7 Å². The summed E-state index contributed by atoms with van der Waals surface area (Å²) < 4.78 is 5.59. The Morgan fingerprint density at radius 1 is 1.42 bits per heavy atom. The Morgan fingerprint density at radius 2 is 2.12 bits per heavy atom. The topological polar surface area (TPSA) is 75.6 Å². The highest BCUT2D eigenvalue weighted by molar-refractivity contribution is 5.80. The average Bonchev–Trinajstić information content (AvgIpc) is 2.67. The second-order valence-corrected chi connectivity index (χ2v) is 7.77. The first-order valence-electron chi connectivity index (χ1n) is 8.56. The van der Waals surface area contributed by atoms with E-state index in [9.17, 15) is 14.7 Å². The van der Waals surface area contributed by atoms with Gasteiger partial charge in [-0.1, -0.05) is 38.7 Å². The molecule has 0 radical (unpaired) electrons. The van der Waals surface area contributed by atoms with E-state index in [2.05, 4.69) is 23.7 Å². The molecule has 5 nitrogen and oxygen atoms in total. The number of nitrogens with one attached hydrogen (secondary N) is 1. The molecule has 1 saturated carbocycles. The summed E-state index contributed by atoms with van der Waals surface area (Å²) >= 11 is 0. The molecular weight excluding hydrogens is 306 g/mol. The Bertz CT molecular complexity index is 566. The molecule has 0 heterocycles. The molecule has 0 spiro atoms. The number of hydrogen-bond acceptors (Lipinski definition) is 3. The van der Waals surface area contributed by atoms with E-state index in [0.717, 1.165) is 25.7 Å². The molecule has 5 heteroatoms. The van der Waals surface area contributed by atoms with E-state index < -0.39 is 23.5 Å². The van der Waals surface area contributed by atoms with Gasteiger partial charge in [-0.2, -0.15) is 0 Å². The molecule has 2 N–H and O–H groups in total. The molecule has 132 valence electrons. The first-order chi connectivity index (χ1) is 11.2. The number of unbranched alkanes of at least 4 members (excludes halogenated alkanes) is 1. The molecule has 1 amide bonds. The summed E-state index contributed by atoms with van der Waals surface area (Å²) in [5.41, 5.74) is -0.591. The molecule has 24 heavy (non-hydrogen) atoms. The van der Waals surface area contributed by atoms with E-state index in [1.807, 2.05) is 6.08 Å². The molecule has 1 fully saturated rings. The molecule has 0 saturated heterocycles. The predicted molar refractivity (Wildman–Crippen MR) is 91.2 cm³/mol. The Kier molecular flexibility index (Phi) is 5.58. The monoisotopic (exact) mass is 333 g/mol. The fourth-order valence-electron chi connectivity index (χ4n) is 3.50. The summed E-state index contributed by atoms with van der Waals surface area (Å²) in [4.78, 5) is 23.6. The van der Waals surface area contributed by atoms with Crippen molar-refractivity contribution in [1.29, 1.82) is 0 Å². The van der Waals surface area contributed by atoms with Gasteiger partial charge in [-0.25, -0.2) is 9.59 Å². The minimum absolute atomic E-state index is 0.207. The molecule has 5 atom stereocenters. The van der Waals surface area contributed by atoms with Crippen LogP contribution in [0.5, 0.6) is 0 Å². The minimum Gasteiger partial charge on any atom is -0.480 e. The maximum absolute atomic E-state index is 12.2. The van der Waals surface area contributed by atoms with E-state index in [1.165, 1.54) is 0 Å². The van der Waals surface area contributed by atoms with E-state index >= 15 is 0 Å². The summed E-state index contributed by atoms with van der Waals surface area (Å²) in [5, 5.41) is 11.8. The number of rotatable bonds is 7. The lowest BCUT2D eigenvalue weighted by Gasteiger charge is -2.29. The Balaban J connectivity index is 1.94. The van der Waals surface area contributed by atoms with Crippen molar-refractivity contribution in [3.63, 3.8) is 0 Å². The highest BCUT2D eigenvalue weighted by atomic mass is 16.6. The minimum atomic E-state index is -1.06. The van der Waals surface area contributed by atoms with Crippen LogP contribution in [0.3, 0.4) is 0 Å². The van der Waals surface area contributed by atoms with Crippen LogP contribution in [0.2, 0.25) is 0 Å². The molecule has 2 aliphatic carbocycles. The van der Waals surface area contributed by atoms with Crippen molar-refractivity contribution in [3.05, 3.63) is 12.7 Å². The number of amides is 1. The lowest BCUT2D eigenvalue weighted by molar-refractivity contribution is -0.142. The normalized spacial score (nSPS) is 28.6. The second-order valence-electron chi connectivity index (χ2n) is 7.77. The van der Waals surface area contributed by atoms with Crippen LogP contribution in [-0.2, 0) is 9.53 Å². The third-order valence-electron chi connectivity index (χ3n) is 4.87. The van der Waals surface area contributed by atoms with Gasteiger partial charge in [0.25, 0.3) is 0 Å². The number of carbonyl (C=O) groups is 2. The Morgan fingerprint density at radius 3 is 2.62 bits per heavy atom. The van der Waals surface area contributed by atoms with Gasteiger partial charge >= 0.3 is 12.1 Å². The van der Waals surface area contributed by atoms with Gasteiger partial charge in [-0.05, 0) is 31.1 Å². The van der Waals surface area contributed by atoms with Gasteiger partial charge in [0.1, 0.15) is 12.1 Å². The van der Waals surface area contributed by atoms with Gasteiger partial charge in [-0.3, -0.25) is 0 Å². The zero-order valence-corrected chi connectivity index (χ0v) is 14.7. The van der Waals surface area contributed by atoms with Crippen molar-refractivity contribution in [3.8, 4) is 11.8 Å². The SMILES string of the molecule is C=CCCC[C@@H]1[C@H]2C#C[C@H]2C[C@H]1OC(=O)N[C@H](C(=O)O)C(C)(C)C. The molecular formula is C19H27NO4. The van der Waals surface area contributed by atoms with Crippen LogP contribution in [0, 0.1) is 35.0 Å². The summed E-state index contributed by atoms with van der Waals surface area (Å²) in [6.07, 6.45) is 4.66. The predicted octanol–water partition coefficient (Wildman–Crippen LogP) is 3.21. The van der Waals surface area contributed by atoms with E-state index in [4.69, 9.17) is 4.74 Å². The molecule has 0 aromatic carbocycles. The number of carboxylic acid groups (broad SMARTS) is 1. The quantitative estimate of drug-likeness (QED) is 0.426. The summed E-state index contributed by atoms with van der Waals surface area (Å²) in [5.74, 6) is 6.13. The third kappa shape index (κ3) is 4.11. The van der Waals surface area contributed by atoms with Gasteiger partial charge in [0.15, 0.2) is 0 Å². The fourth-order valence-corrected chi connectivity index (χ4v) is 3.50. The maximum atomic E-state index is 12.2. The molecule has 0 aromatic heterocycles. The number of alkyl carbamates (subject to hydrolysis) is 1. The number of allylic oxidation sites excluding steroid dienone is 1. The number of hydrogen-bond donors (Lipinski definition) is 2. The summed E-state index contributed by atoms with van der Waals surface area (Å²) in [6, 6.07) is -0.987. The fraction of sp³-hybridized carbons (Fsp3) is 0.684. The number of aliphatic carboxylic acids is 1. The van der Waals surface area contributed by atoms with Crippen LogP contribution in [-0.4, -0.2) is 29.3 Å². The summed E-state index contributed by atoms with van der Waals surface area (Å²) in [6.45, 7) is 9.05. The Hall–Kier alpha value is -1.96. The van der Waals surface area contributed by atoms with Gasteiger partial charge in [0, 0.05) is 17.8 Å². The van der Waals surface area contributed by atoms with Crippen molar-refractivity contribution in [2.75, 3.05) is 0 Å². The largest absolute Gasteiger partial charge is 0.480 e. The first-order valence-corrected chi connectivity index (χ1v) is 8.56. The van der Waals surface area contributed by atoms with Crippen molar-refractivity contribution in [2.24, 2.45) is 23.2 Å². The molecule has 0 unspecified atom stereocenters. The first kappa shape index (κ1) is 18.4. The maximum Gasteiger partial charge on any atom is 0.408 e. The third-order valence-corrected chi connectivity index (χ3v) is 4.87. The second kappa shape index (κ2) is 7.29. The molecule has 0 aromatic rings. The molecule has 2 aliphatic rings. The van der Waals surface area contributed by atoms with Crippen molar-refractivity contribution in [2.45, 2.75) is 58.6 Å². The van der Waals surface area contributed by atoms with Gasteiger partial charge in [-0.15, -0.1) is 6.58 Å². The highest BCUT2D eigenvalue weighted by Gasteiger charge is 2.47. The molecule has 2 rings (SSSR count). The van der Waals surface area contributed by atoms with Gasteiger partial charge < -0.3 is 15.2 Å². The van der Waals surface area contributed by atoms with Crippen LogP contribution < -0.4 is 5.32 Å².